The molecule has 0 aliphatic heterocycles. The van der Waals surface area contributed by atoms with E-state index >= 15 is 0 Å². The van der Waals surface area contributed by atoms with Crippen LogP contribution in [-0.4, -0.2) is 0 Å². The van der Waals surface area contributed by atoms with E-state index in [0.717, 1.165) is 17.0 Å². The molecule has 1 fully saturated rings. The zero-order chi connectivity index (χ0) is 14.1. The minimum Gasteiger partial charge on any atom is -0.320 e. The van der Waals surface area contributed by atoms with Crippen molar-refractivity contribution in [3.05, 3.63) is 69.4 Å². The van der Waals surface area contributed by atoms with Crippen LogP contribution in [0.4, 0.5) is 4.39 Å². The lowest BCUT2D eigenvalue weighted by Gasteiger charge is -2.26. The van der Waals surface area contributed by atoms with Crippen molar-refractivity contribution < 1.29 is 4.39 Å². The first-order valence-electron chi connectivity index (χ1n) is 6.96. The molecule has 0 radical (unpaired) electrons. The smallest absolute Gasteiger partial charge is 0.137 e. The fourth-order valence-electron chi connectivity index (χ4n) is 2.66. The van der Waals surface area contributed by atoms with Crippen LogP contribution in [0.25, 0.3) is 0 Å². The first kappa shape index (κ1) is 13.8. The van der Waals surface area contributed by atoms with Gasteiger partial charge in [0.2, 0.25) is 0 Å². The van der Waals surface area contributed by atoms with Crippen molar-refractivity contribution in [1.29, 1.82) is 0 Å². The molecule has 2 aromatic rings. The molecular weight excluding hydrogens is 317 g/mol. The summed E-state index contributed by atoms with van der Waals surface area (Å²) in [5, 5.41) is 0. The van der Waals surface area contributed by atoms with Crippen LogP contribution < -0.4 is 5.73 Å². The Morgan fingerprint density at radius 1 is 1.10 bits per heavy atom. The molecule has 3 rings (SSSR count). The summed E-state index contributed by atoms with van der Waals surface area (Å²) in [5.74, 6) is 0.449. The summed E-state index contributed by atoms with van der Waals surface area (Å²) in [6.07, 6.45) is 3.92. The van der Waals surface area contributed by atoms with Gasteiger partial charge in [-0.05, 0) is 57.4 Å². The SMILES string of the molecule is NC(c1ccc(C2CCC2)cc1)c1cccc(F)c1Br. The van der Waals surface area contributed by atoms with E-state index in [-0.39, 0.29) is 11.9 Å². The predicted octanol–water partition coefficient (Wildman–Crippen LogP) is 4.90. The molecule has 0 heterocycles. The van der Waals surface area contributed by atoms with Gasteiger partial charge in [0.05, 0.1) is 10.5 Å². The molecule has 0 saturated heterocycles. The topological polar surface area (TPSA) is 26.0 Å². The van der Waals surface area contributed by atoms with Gasteiger partial charge in [0, 0.05) is 0 Å². The number of hydrogen-bond acceptors (Lipinski definition) is 1. The summed E-state index contributed by atoms with van der Waals surface area (Å²) >= 11 is 3.28. The molecular formula is C17H17BrFN. The second-order valence-electron chi connectivity index (χ2n) is 5.42. The minimum atomic E-state index is -0.310. The third kappa shape index (κ3) is 2.52. The van der Waals surface area contributed by atoms with Crippen LogP contribution in [0.5, 0.6) is 0 Å². The Bertz CT molecular complexity index is 605. The van der Waals surface area contributed by atoms with Crippen molar-refractivity contribution in [2.24, 2.45) is 5.73 Å². The van der Waals surface area contributed by atoms with Crippen LogP contribution in [-0.2, 0) is 0 Å². The van der Waals surface area contributed by atoms with E-state index in [1.807, 2.05) is 6.07 Å². The third-order valence-corrected chi connectivity index (χ3v) is 5.03. The van der Waals surface area contributed by atoms with Gasteiger partial charge >= 0.3 is 0 Å². The Labute approximate surface area is 127 Å². The quantitative estimate of drug-likeness (QED) is 0.848. The lowest BCUT2D eigenvalue weighted by atomic mass is 9.79. The molecule has 1 aliphatic rings. The van der Waals surface area contributed by atoms with E-state index < -0.39 is 0 Å². The molecule has 1 aliphatic carbocycles. The summed E-state index contributed by atoms with van der Waals surface area (Å²) in [6.45, 7) is 0. The molecule has 104 valence electrons. The van der Waals surface area contributed by atoms with Gasteiger partial charge in [-0.25, -0.2) is 4.39 Å². The van der Waals surface area contributed by atoms with Gasteiger partial charge in [-0.2, -0.15) is 0 Å². The number of hydrogen-bond donors (Lipinski definition) is 1. The summed E-state index contributed by atoms with van der Waals surface area (Å²) in [7, 11) is 0. The highest BCUT2D eigenvalue weighted by molar-refractivity contribution is 9.10. The lowest BCUT2D eigenvalue weighted by Crippen LogP contribution is -2.14. The fraction of sp³-hybridized carbons (Fsp3) is 0.294. The predicted molar refractivity (Wildman–Crippen MR) is 83.2 cm³/mol. The first-order chi connectivity index (χ1) is 9.66. The van der Waals surface area contributed by atoms with E-state index in [1.165, 1.54) is 30.9 Å². The van der Waals surface area contributed by atoms with Crippen molar-refractivity contribution >= 4 is 15.9 Å². The molecule has 2 N–H and O–H groups in total. The zero-order valence-corrected chi connectivity index (χ0v) is 12.7. The average molecular weight is 334 g/mol. The van der Waals surface area contributed by atoms with Crippen LogP contribution in [0.3, 0.4) is 0 Å². The van der Waals surface area contributed by atoms with E-state index in [0.29, 0.717) is 4.47 Å². The number of benzene rings is 2. The number of halogens is 2. The normalized spacial score (nSPS) is 16.8. The van der Waals surface area contributed by atoms with Crippen molar-refractivity contribution in [2.75, 3.05) is 0 Å². The van der Waals surface area contributed by atoms with E-state index in [9.17, 15) is 4.39 Å². The number of nitrogens with two attached hydrogens (primary N) is 1. The Morgan fingerprint density at radius 3 is 2.40 bits per heavy atom. The lowest BCUT2D eigenvalue weighted by molar-refractivity contribution is 0.419. The standard InChI is InChI=1S/C17H17BrFN/c18-16-14(5-2-6-15(16)19)17(20)13-9-7-12(8-10-13)11-3-1-4-11/h2,5-11,17H,1,3-4,20H2. The molecule has 0 bridgehead atoms. The van der Waals surface area contributed by atoms with Gasteiger partial charge in [0.15, 0.2) is 0 Å². The van der Waals surface area contributed by atoms with Crippen molar-refractivity contribution in [2.45, 2.75) is 31.2 Å². The monoisotopic (exact) mass is 333 g/mol. The van der Waals surface area contributed by atoms with Crippen molar-refractivity contribution in [3.8, 4) is 0 Å². The van der Waals surface area contributed by atoms with Crippen LogP contribution in [0, 0.1) is 5.82 Å². The molecule has 1 atom stereocenters. The molecule has 1 nitrogen and oxygen atoms in total. The molecule has 2 aromatic carbocycles. The second kappa shape index (κ2) is 5.66. The zero-order valence-electron chi connectivity index (χ0n) is 11.2. The molecule has 3 heteroatoms. The average Bonchev–Trinajstić information content (AvgIpc) is 2.40. The molecule has 1 saturated carbocycles. The Balaban J connectivity index is 1.86. The Morgan fingerprint density at radius 2 is 1.80 bits per heavy atom. The van der Waals surface area contributed by atoms with Gasteiger partial charge in [-0.1, -0.05) is 42.8 Å². The van der Waals surface area contributed by atoms with Crippen LogP contribution in [0.1, 0.15) is 47.9 Å². The number of rotatable bonds is 3. The first-order valence-corrected chi connectivity index (χ1v) is 7.75. The van der Waals surface area contributed by atoms with Gasteiger partial charge in [0.25, 0.3) is 0 Å². The van der Waals surface area contributed by atoms with E-state index in [2.05, 4.69) is 40.2 Å². The van der Waals surface area contributed by atoms with Gasteiger partial charge < -0.3 is 5.73 Å². The van der Waals surface area contributed by atoms with E-state index in [1.54, 1.807) is 6.07 Å². The summed E-state index contributed by atoms with van der Waals surface area (Å²) in [5.41, 5.74) is 9.45. The Kier molecular flexibility index (Phi) is 3.90. The van der Waals surface area contributed by atoms with Crippen LogP contribution in [0.2, 0.25) is 0 Å². The van der Waals surface area contributed by atoms with E-state index in [4.69, 9.17) is 5.73 Å². The van der Waals surface area contributed by atoms with Crippen LogP contribution >= 0.6 is 15.9 Å². The third-order valence-electron chi connectivity index (χ3n) is 4.19. The summed E-state index contributed by atoms with van der Waals surface area (Å²) < 4.78 is 14.0. The molecule has 1 unspecified atom stereocenters. The van der Waals surface area contributed by atoms with Gasteiger partial charge in [-0.3, -0.25) is 0 Å². The summed E-state index contributed by atoms with van der Waals surface area (Å²) in [4.78, 5) is 0. The second-order valence-corrected chi connectivity index (χ2v) is 6.21. The minimum absolute atomic E-state index is 0.274. The highest BCUT2D eigenvalue weighted by Gasteiger charge is 2.20. The maximum atomic E-state index is 13.6. The highest BCUT2D eigenvalue weighted by atomic mass is 79.9. The van der Waals surface area contributed by atoms with Gasteiger partial charge in [-0.15, -0.1) is 0 Å². The van der Waals surface area contributed by atoms with Gasteiger partial charge in [0.1, 0.15) is 5.82 Å². The molecule has 0 aromatic heterocycles. The largest absolute Gasteiger partial charge is 0.320 e. The maximum Gasteiger partial charge on any atom is 0.137 e. The maximum absolute atomic E-state index is 13.6. The highest BCUT2D eigenvalue weighted by Crippen LogP contribution is 2.37. The van der Waals surface area contributed by atoms with Crippen molar-refractivity contribution in [1.82, 2.24) is 0 Å². The molecule has 0 spiro atoms. The van der Waals surface area contributed by atoms with Crippen LogP contribution in [0.15, 0.2) is 46.9 Å². The Hall–Kier alpha value is -1.19. The molecule has 0 amide bonds. The van der Waals surface area contributed by atoms with Crippen molar-refractivity contribution in [3.63, 3.8) is 0 Å². The fourth-order valence-corrected chi connectivity index (χ4v) is 3.17. The molecule has 20 heavy (non-hydrogen) atoms. The summed E-state index contributed by atoms with van der Waals surface area (Å²) in [6, 6.07) is 13.1.